The lowest BCUT2D eigenvalue weighted by Gasteiger charge is -2.08. The number of nitrogens with zero attached hydrogens (tertiary/aromatic N) is 2. The molecule has 0 fully saturated rings. The Hall–Kier alpha value is -1.33. The summed E-state index contributed by atoms with van der Waals surface area (Å²) in [4.78, 5) is 4.55. The van der Waals surface area contributed by atoms with Gasteiger partial charge in [-0.05, 0) is 31.5 Å². The fraction of sp³-hybridized carbons (Fsp3) is 0.308. The second kappa shape index (κ2) is 4.98. The molecule has 19 heavy (non-hydrogen) atoms. The molecule has 0 bridgehead atoms. The Kier molecular flexibility index (Phi) is 3.69. The van der Waals surface area contributed by atoms with Crippen LogP contribution >= 0.6 is 11.6 Å². The first-order valence-corrected chi connectivity index (χ1v) is 8.03. The van der Waals surface area contributed by atoms with E-state index in [0.29, 0.717) is 11.6 Å². The van der Waals surface area contributed by atoms with E-state index in [1.54, 1.807) is 12.1 Å². The van der Waals surface area contributed by atoms with E-state index in [2.05, 4.69) is 4.98 Å². The minimum absolute atomic E-state index is 0.236. The van der Waals surface area contributed by atoms with E-state index in [4.69, 9.17) is 11.6 Å². The quantitative estimate of drug-likeness (QED) is 0.875. The first-order valence-electron chi connectivity index (χ1n) is 5.76. The van der Waals surface area contributed by atoms with Gasteiger partial charge in [0.1, 0.15) is 5.82 Å². The lowest BCUT2D eigenvalue weighted by molar-refractivity contribution is 0.602. The van der Waals surface area contributed by atoms with Crippen molar-refractivity contribution in [1.29, 1.82) is 0 Å². The molecule has 2 rings (SSSR count). The van der Waals surface area contributed by atoms with E-state index in [0.717, 1.165) is 17.1 Å². The number of sulfone groups is 1. The molecule has 0 saturated carbocycles. The van der Waals surface area contributed by atoms with E-state index in [9.17, 15) is 8.42 Å². The summed E-state index contributed by atoms with van der Waals surface area (Å²) in [5, 5.41) is 0.452. The van der Waals surface area contributed by atoms with E-state index in [1.807, 2.05) is 24.6 Å². The van der Waals surface area contributed by atoms with Crippen LogP contribution in [0.1, 0.15) is 17.1 Å². The van der Waals surface area contributed by atoms with Gasteiger partial charge in [0, 0.05) is 17.5 Å². The molecule has 0 aliphatic rings. The molecule has 0 atom stereocenters. The van der Waals surface area contributed by atoms with Crippen LogP contribution in [-0.4, -0.2) is 24.2 Å². The van der Waals surface area contributed by atoms with Crippen molar-refractivity contribution in [1.82, 2.24) is 9.55 Å². The van der Waals surface area contributed by atoms with Gasteiger partial charge >= 0.3 is 0 Å². The van der Waals surface area contributed by atoms with Crippen molar-refractivity contribution in [3.05, 3.63) is 46.5 Å². The summed E-state index contributed by atoms with van der Waals surface area (Å²) >= 11 is 6.15. The summed E-state index contributed by atoms with van der Waals surface area (Å²) in [5.74, 6) is 0.903. The van der Waals surface area contributed by atoms with E-state index in [-0.39, 0.29) is 4.90 Å². The number of hydrogen-bond donors (Lipinski definition) is 0. The van der Waals surface area contributed by atoms with Crippen molar-refractivity contribution < 1.29 is 8.42 Å². The number of halogens is 1. The fourth-order valence-electron chi connectivity index (χ4n) is 1.90. The molecule has 0 saturated heterocycles. The second-order valence-corrected chi connectivity index (χ2v) is 7.01. The maximum atomic E-state index is 11.4. The van der Waals surface area contributed by atoms with Crippen molar-refractivity contribution in [2.45, 2.75) is 25.3 Å². The highest BCUT2D eigenvalue weighted by atomic mass is 35.5. The predicted molar refractivity (Wildman–Crippen MR) is 75.4 cm³/mol. The maximum absolute atomic E-state index is 11.4. The van der Waals surface area contributed by atoms with Crippen LogP contribution < -0.4 is 0 Å². The third-order valence-corrected chi connectivity index (χ3v) is 4.35. The minimum atomic E-state index is -3.22. The SMILES string of the molecule is Cc1cn(Cc2ccc(S(C)(=O)=O)cc2Cl)c(C)n1. The van der Waals surface area contributed by atoms with Crippen LogP contribution in [0.5, 0.6) is 0 Å². The third kappa shape index (κ3) is 3.16. The normalized spacial score (nSPS) is 11.8. The van der Waals surface area contributed by atoms with Crippen molar-refractivity contribution in [2.75, 3.05) is 6.26 Å². The lowest BCUT2D eigenvalue weighted by Crippen LogP contribution is -2.03. The number of aromatic nitrogens is 2. The number of rotatable bonds is 3. The number of benzene rings is 1. The molecule has 1 aromatic carbocycles. The highest BCUT2D eigenvalue weighted by molar-refractivity contribution is 7.90. The molecule has 0 radical (unpaired) electrons. The Balaban J connectivity index is 2.35. The van der Waals surface area contributed by atoms with Crippen LogP contribution in [0.25, 0.3) is 0 Å². The Labute approximate surface area is 118 Å². The molecular formula is C13H15ClN2O2S. The fourth-order valence-corrected chi connectivity index (χ4v) is 2.85. The first kappa shape index (κ1) is 14.1. The highest BCUT2D eigenvalue weighted by Gasteiger charge is 2.11. The maximum Gasteiger partial charge on any atom is 0.175 e. The molecule has 0 amide bonds. The molecule has 4 nitrogen and oxygen atoms in total. The average Bonchev–Trinajstić information content (AvgIpc) is 2.59. The zero-order valence-corrected chi connectivity index (χ0v) is 12.6. The monoisotopic (exact) mass is 298 g/mol. The lowest BCUT2D eigenvalue weighted by atomic mass is 10.2. The summed E-state index contributed by atoms with van der Waals surface area (Å²) in [6, 6.07) is 4.81. The zero-order chi connectivity index (χ0) is 14.2. The van der Waals surface area contributed by atoms with Gasteiger partial charge in [0.05, 0.1) is 17.1 Å². The van der Waals surface area contributed by atoms with Crippen LogP contribution in [-0.2, 0) is 16.4 Å². The van der Waals surface area contributed by atoms with Crippen molar-refractivity contribution in [2.24, 2.45) is 0 Å². The zero-order valence-electron chi connectivity index (χ0n) is 11.0. The molecule has 0 aliphatic heterocycles. The standard InChI is InChI=1S/C13H15ClN2O2S/c1-9-7-16(10(2)15-9)8-11-4-5-12(6-13(11)14)19(3,17)18/h4-7H,8H2,1-3H3. The number of imidazole rings is 1. The van der Waals surface area contributed by atoms with Crippen LogP contribution in [0.3, 0.4) is 0 Å². The topological polar surface area (TPSA) is 52.0 Å². The molecule has 0 N–H and O–H groups in total. The largest absolute Gasteiger partial charge is 0.330 e. The van der Waals surface area contributed by atoms with Crippen molar-refractivity contribution in [3.63, 3.8) is 0 Å². The van der Waals surface area contributed by atoms with Crippen LogP contribution in [0.4, 0.5) is 0 Å². The Morgan fingerprint density at radius 3 is 2.47 bits per heavy atom. The van der Waals surface area contributed by atoms with Gasteiger partial charge in [-0.25, -0.2) is 13.4 Å². The van der Waals surface area contributed by atoms with Gasteiger partial charge < -0.3 is 4.57 Å². The van der Waals surface area contributed by atoms with Gasteiger partial charge in [-0.15, -0.1) is 0 Å². The smallest absolute Gasteiger partial charge is 0.175 e. The molecule has 102 valence electrons. The summed E-state index contributed by atoms with van der Waals surface area (Å²) in [6.45, 7) is 4.43. The Morgan fingerprint density at radius 2 is 2.00 bits per heavy atom. The molecule has 1 heterocycles. The number of hydrogen-bond acceptors (Lipinski definition) is 3. The molecule has 1 aromatic heterocycles. The van der Waals surface area contributed by atoms with Crippen LogP contribution in [0, 0.1) is 13.8 Å². The summed E-state index contributed by atoms with van der Waals surface area (Å²) < 4.78 is 24.9. The molecule has 0 unspecified atom stereocenters. The second-order valence-electron chi connectivity index (χ2n) is 4.58. The van der Waals surface area contributed by atoms with Gasteiger partial charge in [0.2, 0.25) is 0 Å². The van der Waals surface area contributed by atoms with Crippen LogP contribution in [0.2, 0.25) is 5.02 Å². The van der Waals surface area contributed by atoms with E-state index < -0.39 is 9.84 Å². The van der Waals surface area contributed by atoms with E-state index in [1.165, 1.54) is 12.3 Å². The van der Waals surface area contributed by atoms with Gasteiger partial charge in [0.25, 0.3) is 0 Å². The molecular weight excluding hydrogens is 284 g/mol. The van der Waals surface area contributed by atoms with Crippen molar-refractivity contribution >= 4 is 21.4 Å². The molecule has 6 heteroatoms. The van der Waals surface area contributed by atoms with Crippen LogP contribution in [0.15, 0.2) is 29.3 Å². The molecule has 0 spiro atoms. The van der Waals surface area contributed by atoms with Crippen molar-refractivity contribution in [3.8, 4) is 0 Å². The third-order valence-electron chi connectivity index (χ3n) is 2.89. The van der Waals surface area contributed by atoms with Gasteiger partial charge in [-0.1, -0.05) is 17.7 Å². The highest BCUT2D eigenvalue weighted by Crippen LogP contribution is 2.22. The van der Waals surface area contributed by atoms with Gasteiger partial charge in [-0.3, -0.25) is 0 Å². The van der Waals surface area contributed by atoms with E-state index >= 15 is 0 Å². The summed E-state index contributed by atoms with van der Waals surface area (Å²) in [6.07, 6.45) is 3.11. The first-order chi connectivity index (χ1) is 8.77. The molecule has 2 aromatic rings. The van der Waals surface area contributed by atoms with Gasteiger partial charge in [0.15, 0.2) is 9.84 Å². The number of aryl methyl sites for hydroxylation is 2. The Morgan fingerprint density at radius 1 is 1.32 bits per heavy atom. The summed E-state index contributed by atoms with van der Waals surface area (Å²) in [7, 11) is -3.22. The Bertz CT molecular complexity index is 720. The van der Waals surface area contributed by atoms with Gasteiger partial charge in [-0.2, -0.15) is 0 Å². The average molecular weight is 299 g/mol. The predicted octanol–water partition coefficient (Wildman–Crippen LogP) is 2.61. The minimum Gasteiger partial charge on any atom is -0.330 e. The summed E-state index contributed by atoms with van der Waals surface area (Å²) in [5.41, 5.74) is 1.82. The molecule has 0 aliphatic carbocycles.